The molecule has 0 bridgehead atoms. The van der Waals surface area contributed by atoms with E-state index >= 15 is 0 Å². The lowest BCUT2D eigenvalue weighted by molar-refractivity contribution is -0.127. The highest BCUT2D eigenvalue weighted by molar-refractivity contribution is 5.95. The van der Waals surface area contributed by atoms with Gasteiger partial charge in [-0.15, -0.1) is 0 Å². The lowest BCUT2D eigenvalue weighted by Gasteiger charge is -2.33. The molecular formula is C28H35N3O5. The number of nitrogens with zero attached hydrogens (tertiary/aromatic N) is 1. The van der Waals surface area contributed by atoms with Crippen LogP contribution in [0.1, 0.15) is 55.3 Å². The van der Waals surface area contributed by atoms with E-state index in [4.69, 9.17) is 9.47 Å². The Morgan fingerprint density at radius 2 is 1.72 bits per heavy atom. The molecular weight excluding hydrogens is 458 g/mol. The number of methoxy groups -OCH3 is 1. The van der Waals surface area contributed by atoms with Gasteiger partial charge in [0.05, 0.1) is 13.0 Å². The van der Waals surface area contributed by atoms with Crippen molar-refractivity contribution in [2.24, 2.45) is 5.92 Å². The molecule has 0 radical (unpaired) electrons. The lowest BCUT2D eigenvalue weighted by atomic mass is 9.93. The molecule has 1 unspecified atom stereocenters. The number of likely N-dealkylation sites (tertiary alicyclic amines) is 1. The monoisotopic (exact) mass is 493 g/mol. The number of ether oxygens (including phenoxy) is 2. The molecule has 2 N–H and O–H groups in total. The maximum atomic E-state index is 13.1. The van der Waals surface area contributed by atoms with Crippen LogP contribution >= 0.6 is 0 Å². The maximum Gasteiger partial charge on any atom is 0.262 e. The van der Waals surface area contributed by atoms with Gasteiger partial charge in [0.2, 0.25) is 5.91 Å². The zero-order valence-corrected chi connectivity index (χ0v) is 20.8. The normalized spacial score (nSPS) is 18.2. The molecule has 1 aliphatic heterocycles. The van der Waals surface area contributed by atoms with Crippen molar-refractivity contribution in [3.05, 3.63) is 54.1 Å². The first-order chi connectivity index (χ1) is 17.5. The molecule has 4 rings (SSSR count). The Bertz CT molecular complexity index is 1050. The van der Waals surface area contributed by atoms with E-state index in [0.717, 1.165) is 25.7 Å². The summed E-state index contributed by atoms with van der Waals surface area (Å²) in [7, 11) is 1.57. The van der Waals surface area contributed by atoms with Gasteiger partial charge in [-0.05, 0) is 62.1 Å². The summed E-state index contributed by atoms with van der Waals surface area (Å²) in [5.74, 6) is 0.682. The Balaban J connectivity index is 1.25. The van der Waals surface area contributed by atoms with Crippen LogP contribution in [0.5, 0.6) is 11.5 Å². The Hall–Kier alpha value is -3.55. The molecule has 3 amide bonds. The van der Waals surface area contributed by atoms with E-state index in [2.05, 4.69) is 10.6 Å². The number of carbonyl (C=O) groups is 3. The fourth-order valence-electron chi connectivity index (χ4n) is 4.86. The van der Waals surface area contributed by atoms with Gasteiger partial charge in [-0.2, -0.15) is 0 Å². The number of piperidine rings is 1. The highest BCUT2D eigenvalue weighted by atomic mass is 16.5. The van der Waals surface area contributed by atoms with Crippen LogP contribution in [0.25, 0.3) is 0 Å². The minimum atomic E-state index is -0.297. The smallest absolute Gasteiger partial charge is 0.262 e. The Morgan fingerprint density at radius 3 is 2.47 bits per heavy atom. The van der Waals surface area contributed by atoms with Crippen LogP contribution in [0, 0.1) is 5.92 Å². The minimum Gasteiger partial charge on any atom is -0.497 e. The van der Waals surface area contributed by atoms with Crippen LogP contribution in [-0.4, -0.2) is 55.5 Å². The average molecular weight is 494 g/mol. The molecule has 192 valence electrons. The van der Waals surface area contributed by atoms with E-state index in [1.807, 2.05) is 0 Å². The number of anilines is 1. The third-order valence-corrected chi connectivity index (χ3v) is 6.86. The maximum absolute atomic E-state index is 13.1. The predicted molar refractivity (Wildman–Crippen MR) is 137 cm³/mol. The predicted octanol–water partition coefficient (Wildman–Crippen LogP) is 4.01. The number of hydrogen-bond acceptors (Lipinski definition) is 5. The minimum absolute atomic E-state index is 0.0790. The van der Waals surface area contributed by atoms with Gasteiger partial charge in [0, 0.05) is 36.4 Å². The molecule has 36 heavy (non-hydrogen) atoms. The van der Waals surface area contributed by atoms with Crippen LogP contribution in [0.3, 0.4) is 0 Å². The van der Waals surface area contributed by atoms with Gasteiger partial charge >= 0.3 is 0 Å². The van der Waals surface area contributed by atoms with Crippen molar-refractivity contribution in [1.29, 1.82) is 0 Å². The second-order valence-corrected chi connectivity index (χ2v) is 9.53. The first-order valence-corrected chi connectivity index (χ1v) is 12.8. The molecule has 2 aromatic rings. The number of rotatable bonds is 8. The zero-order chi connectivity index (χ0) is 25.3. The molecule has 2 aliphatic rings. The molecule has 2 fully saturated rings. The van der Waals surface area contributed by atoms with Crippen LogP contribution in [0.2, 0.25) is 0 Å². The fraction of sp³-hybridized carbons (Fsp3) is 0.464. The first-order valence-electron chi connectivity index (χ1n) is 12.8. The van der Waals surface area contributed by atoms with E-state index in [1.54, 1.807) is 60.5 Å². The van der Waals surface area contributed by atoms with Crippen molar-refractivity contribution < 1.29 is 23.9 Å². The lowest BCUT2D eigenvalue weighted by Crippen LogP contribution is -2.47. The summed E-state index contributed by atoms with van der Waals surface area (Å²) in [6.45, 7) is 0.934. The van der Waals surface area contributed by atoms with E-state index in [9.17, 15) is 14.4 Å². The van der Waals surface area contributed by atoms with Crippen molar-refractivity contribution in [1.82, 2.24) is 10.2 Å². The van der Waals surface area contributed by atoms with Crippen LogP contribution in [-0.2, 0) is 9.59 Å². The van der Waals surface area contributed by atoms with Crippen LogP contribution < -0.4 is 20.1 Å². The number of carbonyl (C=O) groups excluding carboxylic acids is 3. The molecule has 1 saturated carbocycles. The van der Waals surface area contributed by atoms with Crippen molar-refractivity contribution >= 4 is 23.4 Å². The van der Waals surface area contributed by atoms with Crippen LogP contribution in [0.4, 0.5) is 5.69 Å². The summed E-state index contributed by atoms with van der Waals surface area (Å²) in [6, 6.07) is 14.1. The fourth-order valence-corrected chi connectivity index (χ4v) is 4.86. The third-order valence-electron chi connectivity index (χ3n) is 6.86. The second kappa shape index (κ2) is 12.4. The molecule has 1 aliphatic carbocycles. The second-order valence-electron chi connectivity index (χ2n) is 9.53. The molecule has 0 aromatic heterocycles. The highest BCUT2D eigenvalue weighted by Gasteiger charge is 2.30. The van der Waals surface area contributed by atoms with Crippen molar-refractivity contribution in [2.75, 3.05) is 32.1 Å². The first kappa shape index (κ1) is 25.5. The molecule has 2 aromatic carbocycles. The molecule has 8 nitrogen and oxygen atoms in total. The van der Waals surface area contributed by atoms with E-state index in [0.29, 0.717) is 35.8 Å². The summed E-state index contributed by atoms with van der Waals surface area (Å²) in [5.41, 5.74) is 1.16. The van der Waals surface area contributed by atoms with Crippen molar-refractivity contribution in [3.63, 3.8) is 0 Å². The number of amides is 3. The van der Waals surface area contributed by atoms with Gasteiger partial charge in [-0.3, -0.25) is 14.4 Å². The van der Waals surface area contributed by atoms with Crippen molar-refractivity contribution in [3.8, 4) is 11.5 Å². The number of nitrogens with one attached hydrogen (secondary N) is 2. The number of hydrogen-bond donors (Lipinski definition) is 2. The Morgan fingerprint density at radius 1 is 0.944 bits per heavy atom. The van der Waals surface area contributed by atoms with Crippen LogP contribution in [0.15, 0.2) is 48.5 Å². The van der Waals surface area contributed by atoms with E-state index < -0.39 is 0 Å². The highest BCUT2D eigenvalue weighted by Crippen LogP contribution is 2.23. The Labute approximate surface area is 212 Å². The molecule has 8 heteroatoms. The molecule has 1 atom stereocenters. The SMILES string of the molecule is COc1cccc(NC(=O)COc2ccc(C(=O)N3CCCC(C(=O)NC4CCCCC4)C3)cc2)c1. The summed E-state index contributed by atoms with van der Waals surface area (Å²) in [4.78, 5) is 39.8. The van der Waals surface area contributed by atoms with Gasteiger partial charge < -0.3 is 25.0 Å². The average Bonchev–Trinajstić information content (AvgIpc) is 2.92. The largest absolute Gasteiger partial charge is 0.497 e. The quantitative estimate of drug-likeness (QED) is 0.579. The van der Waals surface area contributed by atoms with Gasteiger partial charge in [-0.25, -0.2) is 0 Å². The van der Waals surface area contributed by atoms with Gasteiger partial charge in [-0.1, -0.05) is 25.3 Å². The molecule has 0 spiro atoms. The standard InChI is InChI=1S/C28H35N3O5/c1-35-25-11-5-10-23(17-25)29-26(32)19-36-24-14-12-20(13-15-24)28(34)31-16-6-7-21(18-31)27(33)30-22-8-3-2-4-9-22/h5,10-15,17,21-22H,2-4,6-9,16,18-19H2,1H3,(H,29,32)(H,30,33). The van der Waals surface area contributed by atoms with Crippen molar-refractivity contribution in [2.45, 2.75) is 51.0 Å². The van der Waals surface area contributed by atoms with Gasteiger partial charge in [0.25, 0.3) is 11.8 Å². The van der Waals surface area contributed by atoms with Gasteiger partial charge in [0.15, 0.2) is 6.61 Å². The summed E-state index contributed by atoms with van der Waals surface area (Å²) >= 11 is 0. The third kappa shape index (κ3) is 6.99. The topological polar surface area (TPSA) is 97.0 Å². The van der Waals surface area contributed by atoms with E-state index in [-0.39, 0.29) is 36.3 Å². The summed E-state index contributed by atoms with van der Waals surface area (Å²) in [5, 5.41) is 5.97. The summed E-state index contributed by atoms with van der Waals surface area (Å²) < 4.78 is 10.7. The molecule has 1 heterocycles. The number of benzene rings is 2. The molecule has 1 saturated heterocycles. The summed E-state index contributed by atoms with van der Waals surface area (Å²) in [6.07, 6.45) is 7.33. The Kier molecular flexibility index (Phi) is 8.81. The van der Waals surface area contributed by atoms with E-state index in [1.165, 1.54) is 19.3 Å². The zero-order valence-electron chi connectivity index (χ0n) is 20.8. The van der Waals surface area contributed by atoms with Gasteiger partial charge in [0.1, 0.15) is 11.5 Å².